The molecule has 0 saturated heterocycles. The van der Waals surface area contributed by atoms with Gasteiger partial charge in [0, 0.05) is 18.3 Å². The fourth-order valence-corrected chi connectivity index (χ4v) is 4.35. The van der Waals surface area contributed by atoms with E-state index >= 15 is 0 Å². The molecule has 0 radical (unpaired) electrons. The van der Waals surface area contributed by atoms with Crippen LogP contribution < -0.4 is 5.32 Å². The van der Waals surface area contributed by atoms with E-state index in [0.29, 0.717) is 10.6 Å². The summed E-state index contributed by atoms with van der Waals surface area (Å²) < 4.78 is 23.9. The molecular formula is C13H15NO2S2. The Hall–Kier alpha value is -0.960. The first-order chi connectivity index (χ1) is 8.65. The van der Waals surface area contributed by atoms with Crippen LogP contribution in [0.1, 0.15) is 11.6 Å². The topological polar surface area (TPSA) is 46.2 Å². The summed E-state index contributed by atoms with van der Waals surface area (Å²) in [6.07, 6.45) is 5.16. The summed E-state index contributed by atoms with van der Waals surface area (Å²) in [4.78, 5) is 0.471. The van der Waals surface area contributed by atoms with Crippen molar-refractivity contribution in [2.45, 2.75) is 10.9 Å². The summed E-state index contributed by atoms with van der Waals surface area (Å²) in [7, 11) is -3.10. The highest BCUT2D eigenvalue weighted by atomic mass is 32.2. The maximum absolute atomic E-state index is 11.9. The first kappa shape index (κ1) is 13.5. The number of terminal acetylenes is 1. The van der Waals surface area contributed by atoms with Crippen LogP contribution in [0.3, 0.4) is 0 Å². The van der Waals surface area contributed by atoms with Crippen molar-refractivity contribution in [3.8, 4) is 12.3 Å². The van der Waals surface area contributed by atoms with Crippen molar-refractivity contribution >= 4 is 21.6 Å². The quantitative estimate of drug-likeness (QED) is 0.656. The minimum atomic E-state index is -3.10. The van der Waals surface area contributed by atoms with Gasteiger partial charge in [-0.05, 0) is 11.6 Å². The van der Waals surface area contributed by atoms with Gasteiger partial charge in [-0.15, -0.1) is 18.2 Å². The molecule has 2 rings (SSSR count). The van der Waals surface area contributed by atoms with Crippen molar-refractivity contribution in [3.63, 3.8) is 0 Å². The summed E-state index contributed by atoms with van der Waals surface area (Å²) in [5, 5.41) is 3.28. The SMILES string of the molecule is C#CCSCCNC1CS(=O)(=O)c2ccccc21. The minimum absolute atomic E-state index is 0.0855. The molecule has 1 aromatic carbocycles. The Morgan fingerprint density at radius 1 is 1.44 bits per heavy atom. The first-order valence-corrected chi connectivity index (χ1v) is 8.52. The Bertz CT molecular complexity index is 561. The summed E-state index contributed by atoms with van der Waals surface area (Å²) in [6.45, 7) is 0.765. The Morgan fingerprint density at radius 2 is 2.22 bits per heavy atom. The van der Waals surface area contributed by atoms with E-state index in [1.54, 1.807) is 23.9 Å². The highest BCUT2D eigenvalue weighted by molar-refractivity contribution is 7.99. The van der Waals surface area contributed by atoms with E-state index in [-0.39, 0.29) is 11.8 Å². The van der Waals surface area contributed by atoms with Crippen molar-refractivity contribution in [1.29, 1.82) is 0 Å². The molecular weight excluding hydrogens is 266 g/mol. The van der Waals surface area contributed by atoms with E-state index in [1.807, 2.05) is 12.1 Å². The molecule has 0 bridgehead atoms. The summed E-state index contributed by atoms with van der Waals surface area (Å²) in [5.41, 5.74) is 0.888. The van der Waals surface area contributed by atoms with Crippen LogP contribution in [0.15, 0.2) is 29.2 Å². The predicted molar refractivity (Wildman–Crippen MR) is 75.4 cm³/mol. The molecule has 1 aromatic rings. The van der Waals surface area contributed by atoms with Gasteiger partial charge in [0.2, 0.25) is 0 Å². The number of nitrogens with one attached hydrogen (secondary N) is 1. The minimum Gasteiger partial charge on any atom is -0.308 e. The number of benzene rings is 1. The molecule has 3 nitrogen and oxygen atoms in total. The second kappa shape index (κ2) is 5.79. The van der Waals surface area contributed by atoms with Crippen molar-refractivity contribution in [2.75, 3.05) is 23.8 Å². The molecule has 1 aliphatic heterocycles. The number of hydrogen-bond donors (Lipinski definition) is 1. The second-order valence-electron chi connectivity index (χ2n) is 4.08. The van der Waals surface area contributed by atoms with Crippen LogP contribution >= 0.6 is 11.8 Å². The van der Waals surface area contributed by atoms with Gasteiger partial charge < -0.3 is 5.32 Å². The Kier molecular flexibility index (Phi) is 4.33. The summed E-state index contributed by atoms with van der Waals surface area (Å²) >= 11 is 1.67. The number of rotatable bonds is 5. The lowest BCUT2D eigenvalue weighted by molar-refractivity contribution is 0.580. The molecule has 1 atom stereocenters. The van der Waals surface area contributed by atoms with Gasteiger partial charge in [-0.2, -0.15) is 0 Å². The standard InChI is InChI=1S/C13H15NO2S2/c1-2-8-17-9-7-14-12-10-18(15,16)13-6-4-3-5-11(12)13/h1,3-6,12,14H,7-10H2. The lowest BCUT2D eigenvalue weighted by atomic mass is 10.1. The third-order valence-electron chi connectivity index (χ3n) is 2.84. The Labute approximate surface area is 112 Å². The van der Waals surface area contributed by atoms with Crippen LogP contribution in [-0.4, -0.2) is 32.2 Å². The Balaban J connectivity index is 1.99. The van der Waals surface area contributed by atoms with E-state index in [1.165, 1.54) is 0 Å². The molecule has 0 amide bonds. The van der Waals surface area contributed by atoms with Gasteiger partial charge in [0.15, 0.2) is 9.84 Å². The smallest absolute Gasteiger partial charge is 0.180 e. The number of fused-ring (bicyclic) bond motifs is 1. The molecule has 5 heteroatoms. The number of hydrogen-bond acceptors (Lipinski definition) is 4. The highest BCUT2D eigenvalue weighted by Gasteiger charge is 2.33. The first-order valence-electron chi connectivity index (χ1n) is 5.71. The van der Waals surface area contributed by atoms with Crippen LogP contribution in [0.25, 0.3) is 0 Å². The van der Waals surface area contributed by atoms with Gasteiger partial charge in [0.05, 0.1) is 16.4 Å². The molecule has 0 aliphatic carbocycles. The summed E-state index contributed by atoms with van der Waals surface area (Å²) in [5.74, 6) is 4.31. The largest absolute Gasteiger partial charge is 0.308 e. The highest BCUT2D eigenvalue weighted by Crippen LogP contribution is 2.32. The molecule has 1 N–H and O–H groups in total. The molecule has 18 heavy (non-hydrogen) atoms. The zero-order valence-electron chi connectivity index (χ0n) is 9.93. The van der Waals surface area contributed by atoms with Gasteiger partial charge in [0.25, 0.3) is 0 Å². The predicted octanol–water partition coefficient (Wildman–Crippen LogP) is 1.47. The van der Waals surface area contributed by atoms with E-state index in [0.717, 1.165) is 17.9 Å². The normalized spacial score (nSPS) is 20.3. The van der Waals surface area contributed by atoms with Gasteiger partial charge in [-0.1, -0.05) is 24.1 Å². The molecule has 0 aromatic heterocycles. The fourth-order valence-electron chi connectivity index (χ4n) is 2.06. The van der Waals surface area contributed by atoms with Crippen LogP contribution in [0.5, 0.6) is 0 Å². The molecule has 1 heterocycles. The van der Waals surface area contributed by atoms with E-state index in [9.17, 15) is 8.42 Å². The molecule has 1 unspecified atom stereocenters. The number of thioether (sulfide) groups is 1. The Morgan fingerprint density at radius 3 is 3.00 bits per heavy atom. The zero-order valence-corrected chi connectivity index (χ0v) is 11.6. The molecule has 0 saturated carbocycles. The third kappa shape index (κ3) is 2.89. The molecule has 96 valence electrons. The van der Waals surface area contributed by atoms with E-state index in [4.69, 9.17) is 6.42 Å². The van der Waals surface area contributed by atoms with Crippen LogP contribution in [0, 0.1) is 12.3 Å². The van der Waals surface area contributed by atoms with Crippen molar-refractivity contribution in [3.05, 3.63) is 29.8 Å². The third-order valence-corrected chi connectivity index (χ3v) is 5.52. The van der Waals surface area contributed by atoms with E-state index < -0.39 is 9.84 Å². The fraction of sp³-hybridized carbons (Fsp3) is 0.385. The van der Waals surface area contributed by atoms with Crippen molar-refractivity contribution < 1.29 is 8.42 Å². The zero-order chi connectivity index (χ0) is 13.0. The van der Waals surface area contributed by atoms with Crippen LogP contribution in [-0.2, 0) is 9.84 Å². The molecule has 1 aliphatic rings. The molecule has 0 fully saturated rings. The average molecular weight is 281 g/mol. The van der Waals surface area contributed by atoms with Crippen molar-refractivity contribution in [1.82, 2.24) is 5.32 Å². The summed E-state index contributed by atoms with van der Waals surface area (Å²) in [6, 6.07) is 7.12. The maximum Gasteiger partial charge on any atom is 0.180 e. The second-order valence-corrected chi connectivity index (χ2v) is 7.19. The van der Waals surface area contributed by atoms with Gasteiger partial charge in [-0.25, -0.2) is 8.42 Å². The number of sulfone groups is 1. The van der Waals surface area contributed by atoms with Crippen LogP contribution in [0.4, 0.5) is 0 Å². The maximum atomic E-state index is 11.9. The van der Waals surface area contributed by atoms with Gasteiger partial charge in [0.1, 0.15) is 0 Å². The molecule has 0 spiro atoms. The van der Waals surface area contributed by atoms with Gasteiger partial charge in [-0.3, -0.25) is 0 Å². The van der Waals surface area contributed by atoms with Gasteiger partial charge >= 0.3 is 0 Å². The average Bonchev–Trinajstić information content (AvgIpc) is 2.62. The monoisotopic (exact) mass is 281 g/mol. The van der Waals surface area contributed by atoms with Crippen LogP contribution in [0.2, 0.25) is 0 Å². The van der Waals surface area contributed by atoms with Crippen molar-refractivity contribution in [2.24, 2.45) is 0 Å². The lowest BCUT2D eigenvalue weighted by Gasteiger charge is -2.11. The lowest BCUT2D eigenvalue weighted by Crippen LogP contribution is -2.25. The van der Waals surface area contributed by atoms with E-state index in [2.05, 4.69) is 11.2 Å².